The molecule has 16 heavy (non-hydrogen) atoms. The molecule has 0 bridgehead atoms. The summed E-state index contributed by atoms with van der Waals surface area (Å²) in [7, 11) is 2.98. The maximum Gasteiger partial charge on any atom is 0.169 e. The molecule has 0 fully saturated rings. The Labute approximate surface area is 94.2 Å². The van der Waals surface area contributed by atoms with Gasteiger partial charge in [0.05, 0.1) is 18.8 Å². The Morgan fingerprint density at radius 2 is 2.12 bits per heavy atom. The van der Waals surface area contributed by atoms with E-state index in [9.17, 15) is 9.18 Å². The largest absolute Gasteiger partial charge is 0.496 e. The lowest BCUT2D eigenvalue weighted by Gasteiger charge is -2.11. The Kier molecular flexibility index (Phi) is 4.43. The van der Waals surface area contributed by atoms with Gasteiger partial charge in [0.2, 0.25) is 0 Å². The minimum Gasteiger partial charge on any atom is -0.496 e. The summed E-state index contributed by atoms with van der Waals surface area (Å²) < 4.78 is 23.0. The third kappa shape index (κ3) is 3.03. The smallest absolute Gasteiger partial charge is 0.169 e. The minimum absolute atomic E-state index is 0.189. The predicted molar refractivity (Wildman–Crippen MR) is 58.4 cm³/mol. The molecular formula is C12H15FO3. The van der Waals surface area contributed by atoms with Crippen molar-refractivity contribution in [3.63, 3.8) is 0 Å². The van der Waals surface area contributed by atoms with Crippen LogP contribution in [0.5, 0.6) is 5.75 Å². The van der Waals surface area contributed by atoms with Gasteiger partial charge in [0.15, 0.2) is 5.78 Å². The molecule has 0 saturated heterocycles. The SMILES string of the molecule is COc1ccc(F)cc1C(=O)CC(C)OC. The molecule has 0 aliphatic rings. The van der Waals surface area contributed by atoms with Crippen LogP contribution in [-0.2, 0) is 4.74 Å². The monoisotopic (exact) mass is 226 g/mol. The number of ether oxygens (including phenoxy) is 2. The van der Waals surface area contributed by atoms with Crippen LogP contribution in [-0.4, -0.2) is 26.1 Å². The Hall–Kier alpha value is -1.42. The normalized spacial score (nSPS) is 12.2. The topological polar surface area (TPSA) is 35.5 Å². The van der Waals surface area contributed by atoms with E-state index in [1.165, 1.54) is 32.4 Å². The fourth-order valence-electron chi connectivity index (χ4n) is 1.35. The third-order valence-corrected chi connectivity index (χ3v) is 2.34. The molecule has 0 aromatic heterocycles. The van der Waals surface area contributed by atoms with Crippen LogP contribution in [0.4, 0.5) is 4.39 Å². The van der Waals surface area contributed by atoms with Crippen molar-refractivity contribution in [1.29, 1.82) is 0 Å². The molecule has 88 valence electrons. The van der Waals surface area contributed by atoms with E-state index in [1.807, 2.05) is 0 Å². The maximum atomic E-state index is 13.0. The number of hydrogen-bond acceptors (Lipinski definition) is 3. The molecule has 1 aromatic carbocycles. The lowest BCUT2D eigenvalue weighted by Crippen LogP contribution is -2.13. The van der Waals surface area contributed by atoms with Gasteiger partial charge in [0.1, 0.15) is 11.6 Å². The Morgan fingerprint density at radius 3 is 2.69 bits per heavy atom. The van der Waals surface area contributed by atoms with Gasteiger partial charge in [-0.3, -0.25) is 4.79 Å². The van der Waals surface area contributed by atoms with Crippen molar-refractivity contribution in [2.75, 3.05) is 14.2 Å². The van der Waals surface area contributed by atoms with Gasteiger partial charge in [-0.05, 0) is 25.1 Å². The van der Waals surface area contributed by atoms with Crippen molar-refractivity contribution in [2.24, 2.45) is 0 Å². The zero-order valence-electron chi connectivity index (χ0n) is 9.62. The van der Waals surface area contributed by atoms with Crippen LogP contribution in [0, 0.1) is 5.82 Å². The van der Waals surface area contributed by atoms with E-state index in [4.69, 9.17) is 9.47 Å². The summed E-state index contributed by atoms with van der Waals surface area (Å²) in [5, 5.41) is 0. The average Bonchev–Trinajstić information content (AvgIpc) is 2.28. The molecule has 0 radical (unpaired) electrons. The summed E-state index contributed by atoms with van der Waals surface area (Å²) in [6.45, 7) is 1.78. The van der Waals surface area contributed by atoms with Crippen LogP contribution in [0.2, 0.25) is 0 Å². The number of carbonyl (C=O) groups excluding carboxylic acids is 1. The minimum atomic E-state index is -0.450. The van der Waals surface area contributed by atoms with Gasteiger partial charge in [-0.1, -0.05) is 0 Å². The molecule has 4 heteroatoms. The summed E-state index contributed by atoms with van der Waals surface area (Å²) in [4.78, 5) is 11.8. The van der Waals surface area contributed by atoms with Gasteiger partial charge in [-0.2, -0.15) is 0 Å². The van der Waals surface area contributed by atoms with E-state index in [0.717, 1.165) is 0 Å². The van der Waals surface area contributed by atoms with Gasteiger partial charge in [-0.25, -0.2) is 4.39 Å². The van der Waals surface area contributed by atoms with Crippen LogP contribution in [0.25, 0.3) is 0 Å². The number of carbonyl (C=O) groups is 1. The molecule has 1 aromatic rings. The first kappa shape index (κ1) is 12.6. The van der Waals surface area contributed by atoms with Gasteiger partial charge < -0.3 is 9.47 Å². The molecule has 1 atom stereocenters. The highest BCUT2D eigenvalue weighted by molar-refractivity contribution is 5.98. The van der Waals surface area contributed by atoms with E-state index in [-0.39, 0.29) is 23.9 Å². The molecule has 3 nitrogen and oxygen atoms in total. The Balaban J connectivity index is 2.93. The molecule has 0 N–H and O–H groups in total. The second-order valence-corrected chi connectivity index (χ2v) is 3.52. The maximum absolute atomic E-state index is 13.0. The highest BCUT2D eigenvalue weighted by atomic mass is 19.1. The van der Waals surface area contributed by atoms with Crippen LogP contribution in [0.15, 0.2) is 18.2 Å². The fourth-order valence-corrected chi connectivity index (χ4v) is 1.35. The lowest BCUT2D eigenvalue weighted by molar-refractivity contribution is 0.0789. The number of Topliss-reactive ketones (excluding diaryl/α,β-unsaturated/α-hetero) is 1. The van der Waals surface area contributed by atoms with E-state index in [2.05, 4.69) is 0 Å². The summed E-state index contributed by atoms with van der Waals surface area (Å²) in [6, 6.07) is 3.89. The highest BCUT2D eigenvalue weighted by Crippen LogP contribution is 2.21. The predicted octanol–water partition coefficient (Wildman–Crippen LogP) is 2.44. The average molecular weight is 226 g/mol. The molecule has 0 amide bonds. The first-order valence-electron chi connectivity index (χ1n) is 4.98. The summed E-state index contributed by atoms with van der Waals surface area (Å²) in [5.41, 5.74) is 0.256. The fraction of sp³-hybridized carbons (Fsp3) is 0.417. The molecule has 0 aliphatic heterocycles. The molecule has 0 aliphatic carbocycles. The molecule has 1 rings (SSSR count). The van der Waals surface area contributed by atoms with E-state index >= 15 is 0 Å². The Bertz CT molecular complexity index is 377. The zero-order valence-corrected chi connectivity index (χ0v) is 9.62. The quantitative estimate of drug-likeness (QED) is 0.723. The summed E-state index contributed by atoms with van der Waals surface area (Å²) >= 11 is 0. The number of ketones is 1. The van der Waals surface area contributed by atoms with Crippen LogP contribution >= 0.6 is 0 Å². The molecule has 0 spiro atoms. The number of benzene rings is 1. The first-order chi connectivity index (χ1) is 7.58. The first-order valence-corrected chi connectivity index (χ1v) is 4.98. The number of hydrogen-bond donors (Lipinski definition) is 0. The van der Waals surface area contributed by atoms with E-state index in [1.54, 1.807) is 6.92 Å². The highest BCUT2D eigenvalue weighted by Gasteiger charge is 2.16. The van der Waals surface area contributed by atoms with Crippen molar-refractivity contribution < 1.29 is 18.7 Å². The number of rotatable bonds is 5. The van der Waals surface area contributed by atoms with E-state index in [0.29, 0.717) is 5.75 Å². The lowest BCUT2D eigenvalue weighted by atomic mass is 10.0. The summed E-state index contributed by atoms with van der Waals surface area (Å²) in [6.07, 6.45) is 0.0107. The molecule has 0 heterocycles. The third-order valence-electron chi connectivity index (χ3n) is 2.34. The summed E-state index contributed by atoms with van der Waals surface area (Å²) in [5.74, 6) is -0.255. The Morgan fingerprint density at radius 1 is 1.44 bits per heavy atom. The van der Waals surface area contributed by atoms with Crippen molar-refractivity contribution >= 4 is 5.78 Å². The standard InChI is InChI=1S/C12H15FO3/c1-8(15-2)6-11(14)10-7-9(13)4-5-12(10)16-3/h4-5,7-8H,6H2,1-3H3. The van der Waals surface area contributed by atoms with Crippen molar-refractivity contribution in [1.82, 2.24) is 0 Å². The van der Waals surface area contributed by atoms with Gasteiger partial charge in [0, 0.05) is 13.5 Å². The second kappa shape index (κ2) is 5.61. The van der Waals surface area contributed by atoms with Crippen LogP contribution in [0.1, 0.15) is 23.7 Å². The van der Waals surface area contributed by atoms with Gasteiger partial charge in [-0.15, -0.1) is 0 Å². The van der Waals surface area contributed by atoms with Crippen molar-refractivity contribution in [3.8, 4) is 5.75 Å². The second-order valence-electron chi connectivity index (χ2n) is 3.52. The van der Waals surface area contributed by atoms with Crippen molar-refractivity contribution in [3.05, 3.63) is 29.6 Å². The number of halogens is 1. The number of methoxy groups -OCH3 is 2. The van der Waals surface area contributed by atoms with Crippen LogP contribution in [0.3, 0.4) is 0 Å². The van der Waals surface area contributed by atoms with Crippen molar-refractivity contribution in [2.45, 2.75) is 19.4 Å². The zero-order chi connectivity index (χ0) is 12.1. The van der Waals surface area contributed by atoms with E-state index < -0.39 is 5.82 Å². The van der Waals surface area contributed by atoms with Crippen LogP contribution < -0.4 is 4.74 Å². The molecular weight excluding hydrogens is 211 g/mol. The van der Waals surface area contributed by atoms with Gasteiger partial charge in [0.25, 0.3) is 0 Å². The van der Waals surface area contributed by atoms with Gasteiger partial charge >= 0.3 is 0 Å². The molecule has 1 unspecified atom stereocenters. The molecule has 0 saturated carbocycles.